The summed E-state index contributed by atoms with van der Waals surface area (Å²) in [5.74, 6) is 0. The van der Waals surface area contributed by atoms with Gasteiger partial charge in [-0.3, -0.25) is 0 Å². The van der Waals surface area contributed by atoms with Crippen LogP contribution in [0.4, 0.5) is 0 Å². The third-order valence-corrected chi connectivity index (χ3v) is 11.1. The lowest BCUT2D eigenvalue weighted by Crippen LogP contribution is -2.47. The maximum absolute atomic E-state index is 5.80. The minimum Gasteiger partial charge on any atom is -0.506 e. The van der Waals surface area contributed by atoms with Crippen molar-refractivity contribution < 1.29 is 4.74 Å². The van der Waals surface area contributed by atoms with Crippen LogP contribution >= 0.6 is 0 Å². The molecule has 0 saturated heterocycles. The lowest BCUT2D eigenvalue weighted by atomic mass is 10.4. The van der Waals surface area contributed by atoms with Gasteiger partial charge in [-0.25, -0.2) is 0 Å². The third-order valence-electron chi connectivity index (χ3n) is 3.92. The van der Waals surface area contributed by atoms with E-state index in [0.29, 0.717) is 0 Å². The molecule has 0 aliphatic carbocycles. The van der Waals surface area contributed by atoms with Gasteiger partial charge in [-0.05, 0) is 36.0 Å². The molecule has 96 valence electrons. The number of methoxy groups -OCH3 is 1. The molecule has 0 atom stereocenters. The van der Waals surface area contributed by atoms with Gasteiger partial charge in [0.25, 0.3) is 0 Å². The van der Waals surface area contributed by atoms with Crippen LogP contribution in [0, 0.1) is 0 Å². The first-order valence-corrected chi connectivity index (χ1v) is 8.67. The quantitative estimate of drug-likeness (QED) is 0.479. The molecule has 0 amide bonds. The summed E-state index contributed by atoms with van der Waals surface area (Å²) in [5, 5.41) is 1.33. The zero-order valence-corrected chi connectivity index (χ0v) is 13.6. The van der Waals surface area contributed by atoms with Gasteiger partial charge in [-0.15, -0.1) is 0 Å². The van der Waals surface area contributed by atoms with Crippen molar-refractivity contribution in [2.75, 3.05) is 7.11 Å². The van der Waals surface area contributed by atoms with E-state index < -0.39 is 8.07 Å². The van der Waals surface area contributed by atoms with Crippen LogP contribution in [0.2, 0.25) is 16.6 Å². The Hall–Kier alpha value is -0.243. The highest BCUT2D eigenvalue weighted by Gasteiger charge is 2.47. The summed E-state index contributed by atoms with van der Waals surface area (Å²) in [5.41, 5.74) is 3.53. The van der Waals surface area contributed by atoms with Gasteiger partial charge in [0.15, 0.2) is 0 Å². The number of hydrogen-bond acceptors (Lipinski definition) is 1. The summed E-state index contributed by atoms with van der Waals surface area (Å²) in [6, 6.07) is 0. The largest absolute Gasteiger partial charge is 0.506 e. The van der Waals surface area contributed by atoms with Crippen LogP contribution < -0.4 is 0 Å². The molecule has 0 unspecified atom stereocenters. The van der Waals surface area contributed by atoms with E-state index in [2.05, 4.69) is 55.4 Å². The Labute approximate surface area is 103 Å². The van der Waals surface area contributed by atoms with Crippen LogP contribution in [-0.2, 0) is 4.74 Å². The van der Waals surface area contributed by atoms with E-state index in [9.17, 15) is 0 Å². The standard InChI is InChI=1S/C14H30OSi/c1-10(2)14(15-9)16(11(3)4,12(5)6)13(7)8/h11-13H,1-9H3. The first kappa shape index (κ1) is 15.8. The van der Waals surface area contributed by atoms with Crippen LogP contribution in [-0.4, -0.2) is 15.2 Å². The van der Waals surface area contributed by atoms with Crippen LogP contribution in [0.3, 0.4) is 0 Å². The lowest BCUT2D eigenvalue weighted by Gasteiger charge is -2.44. The van der Waals surface area contributed by atoms with E-state index >= 15 is 0 Å². The summed E-state index contributed by atoms with van der Waals surface area (Å²) >= 11 is 0. The smallest absolute Gasteiger partial charge is 0.139 e. The van der Waals surface area contributed by atoms with E-state index in [4.69, 9.17) is 4.74 Å². The second-order valence-corrected chi connectivity index (χ2v) is 11.7. The molecule has 0 aromatic rings. The summed E-state index contributed by atoms with van der Waals surface area (Å²) in [6.45, 7) is 18.6. The molecular weight excluding hydrogens is 212 g/mol. The van der Waals surface area contributed by atoms with Gasteiger partial charge < -0.3 is 4.74 Å². The zero-order valence-electron chi connectivity index (χ0n) is 12.6. The molecule has 0 fully saturated rings. The van der Waals surface area contributed by atoms with Crippen molar-refractivity contribution in [3.63, 3.8) is 0 Å². The molecule has 0 radical (unpaired) electrons. The minimum atomic E-state index is -1.56. The molecule has 0 spiro atoms. The van der Waals surface area contributed by atoms with Crippen molar-refractivity contribution in [1.82, 2.24) is 0 Å². The number of rotatable bonds is 5. The molecule has 1 nitrogen and oxygen atoms in total. The van der Waals surface area contributed by atoms with Crippen LogP contribution in [0.5, 0.6) is 0 Å². The first-order chi connectivity index (χ1) is 7.22. The highest BCUT2D eigenvalue weighted by Crippen LogP contribution is 2.47. The fourth-order valence-corrected chi connectivity index (χ4v) is 10.4. The second-order valence-electron chi connectivity index (χ2n) is 5.93. The fraction of sp³-hybridized carbons (Fsp3) is 0.857. The molecule has 0 N–H and O–H groups in total. The molecule has 0 aromatic heterocycles. The van der Waals surface area contributed by atoms with Crippen LogP contribution in [0.1, 0.15) is 55.4 Å². The minimum absolute atomic E-state index is 0.720. The molecule has 2 heteroatoms. The van der Waals surface area contributed by atoms with E-state index in [-0.39, 0.29) is 0 Å². The topological polar surface area (TPSA) is 9.23 Å². The van der Waals surface area contributed by atoms with E-state index in [1.54, 1.807) is 0 Å². The Balaban J connectivity index is 5.81. The molecule has 0 aliphatic rings. The van der Waals surface area contributed by atoms with Gasteiger partial charge in [0.2, 0.25) is 0 Å². The predicted octanol–water partition coefficient (Wildman–Crippen LogP) is 5.14. The van der Waals surface area contributed by atoms with Gasteiger partial charge in [0.05, 0.1) is 12.5 Å². The molecular formula is C14H30OSi. The maximum Gasteiger partial charge on any atom is 0.139 e. The molecule has 16 heavy (non-hydrogen) atoms. The number of hydrogen-bond donors (Lipinski definition) is 0. The highest BCUT2D eigenvalue weighted by molar-refractivity contribution is 6.89. The maximum atomic E-state index is 5.80. The Morgan fingerprint density at radius 3 is 1.19 bits per heavy atom. The van der Waals surface area contributed by atoms with Crippen molar-refractivity contribution in [3.05, 3.63) is 11.0 Å². The number of ether oxygens (including phenoxy) is 1. The van der Waals surface area contributed by atoms with Gasteiger partial charge in [0, 0.05) is 0 Å². The Morgan fingerprint density at radius 1 is 0.812 bits per heavy atom. The van der Waals surface area contributed by atoms with Crippen molar-refractivity contribution >= 4 is 8.07 Å². The predicted molar refractivity (Wildman–Crippen MR) is 76.4 cm³/mol. The van der Waals surface area contributed by atoms with E-state index in [1.165, 1.54) is 11.0 Å². The normalized spacial score (nSPS) is 12.5. The third kappa shape index (κ3) is 2.53. The Bertz CT molecular complexity index is 226. The highest BCUT2D eigenvalue weighted by atomic mass is 28.3. The summed E-state index contributed by atoms with van der Waals surface area (Å²) in [6.07, 6.45) is 0. The van der Waals surface area contributed by atoms with Crippen LogP contribution in [0.25, 0.3) is 0 Å². The van der Waals surface area contributed by atoms with Gasteiger partial charge in [-0.1, -0.05) is 41.5 Å². The van der Waals surface area contributed by atoms with E-state index in [0.717, 1.165) is 16.6 Å². The average Bonchev–Trinajstić information content (AvgIpc) is 2.10. The van der Waals surface area contributed by atoms with Crippen molar-refractivity contribution in [1.29, 1.82) is 0 Å². The summed E-state index contributed by atoms with van der Waals surface area (Å²) in [7, 11) is 0.282. The van der Waals surface area contributed by atoms with E-state index in [1.807, 2.05) is 7.11 Å². The first-order valence-electron chi connectivity index (χ1n) is 6.44. The van der Waals surface area contributed by atoms with Crippen molar-refractivity contribution in [2.45, 2.75) is 72.0 Å². The molecule has 0 aliphatic heterocycles. The molecule has 0 rings (SSSR count). The van der Waals surface area contributed by atoms with Gasteiger partial charge in [0.1, 0.15) is 8.07 Å². The fourth-order valence-electron chi connectivity index (χ4n) is 3.60. The summed E-state index contributed by atoms with van der Waals surface area (Å²) in [4.78, 5) is 0. The zero-order chi connectivity index (χ0) is 13.1. The Kier molecular flexibility index (Phi) is 5.81. The SMILES string of the molecule is COC(=C(C)C)[Si](C(C)C)(C(C)C)C(C)C. The second kappa shape index (κ2) is 5.90. The van der Waals surface area contributed by atoms with Crippen molar-refractivity contribution in [3.8, 4) is 0 Å². The van der Waals surface area contributed by atoms with Crippen molar-refractivity contribution in [2.24, 2.45) is 0 Å². The Morgan fingerprint density at radius 2 is 1.12 bits per heavy atom. The van der Waals surface area contributed by atoms with Gasteiger partial charge in [-0.2, -0.15) is 0 Å². The van der Waals surface area contributed by atoms with Crippen LogP contribution in [0.15, 0.2) is 11.0 Å². The number of allylic oxidation sites excluding steroid dienone is 1. The monoisotopic (exact) mass is 242 g/mol. The molecule has 0 aromatic carbocycles. The lowest BCUT2D eigenvalue weighted by molar-refractivity contribution is 0.306. The average molecular weight is 242 g/mol. The molecule has 0 bridgehead atoms. The van der Waals surface area contributed by atoms with Gasteiger partial charge >= 0.3 is 0 Å². The molecule has 0 heterocycles. The molecule has 0 saturated carbocycles. The summed E-state index contributed by atoms with van der Waals surface area (Å²) < 4.78 is 5.80.